The summed E-state index contributed by atoms with van der Waals surface area (Å²) in [4.78, 5) is 0. The van der Waals surface area contributed by atoms with Crippen LogP contribution in [-0.4, -0.2) is 11.8 Å². The van der Waals surface area contributed by atoms with E-state index >= 15 is 0 Å². The number of hydrogen-bond donors (Lipinski definition) is 0. The maximum atomic E-state index is 2.78. The van der Waals surface area contributed by atoms with Gasteiger partial charge in [0.25, 0.3) is 0 Å². The van der Waals surface area contributed by atoms with Gasteiger partial charge in [0.1, 0.15) is 0 Å². The van der Waals surface area contributed by atoms with E-state index in [0.717, 1.165) is 29.5 Å². The summed E-state index contributed by atoms with van der Waals surface area (Å²) in [5.74, 6) is 2.87. The van der Waals surface area contributed by atoms with E-state index < -0.39 is 0 Å². The summed E-state index contributed by atoms with van der Waals surface area (Å²) in [6.07, 6.45) is 10.1. The highest BCUT2D eigenvalue weighted by Crippen LogP contribution is 2.46. The van der Waals surface area contributed by atoms with Gasteiger partial charge in [-0.25, -0.2) is 0 Å². The second kappa shape index (κ2) is 10.8. The number of halogens is 6. The van der Waals surface area contributed by atoms with Gasteiger partial charge < -0.3 is 0 Å². The lowest BCUT2D eigenvalue weighted by molar-refractivity contribution is 0.183. The fourth-order valence-corrected chi connectivity index (χ4v) is 9.62. The first-order valence-corrected chi connectivity index (χ1v) is 15.9. The molecule has 0 saturated heterocycles. The summed E-state index contributed by atoms with van der Waals surface area (Å²) in [5, 5.41) is 0. The predicted octanol–water partition coefficient (Wildman–Crippen LogP) is 8.67. The summed E-state index contributed by atoms with van der Waals surface area (Å²) in [6, 6.07) is 4.79. The van der Waals surface area contributed by atoms with E-state index in [1.807, 2.05) is 0 Å². The smallest absolute Gasteiger partial charge is 0.0274 e. The largest absolute Gasteiger partial charge is 0.0823 e. The molecule has 2 fully saturated rings. The summed E-state index contributed by atoms with van der Waals surface area (Å²) in [5.41, 5.74) is 1.58. The molecular weight excluding hydrogens is 990 g/mol. The Labute approximate surface area is 234 Å². The molecule has 0 radical (unpaired) electrons. The first-order chi connectivity index (χ1) is 11.8. The molecule has 0 amide bonds. The van der Waals surface area contributed by atoms with Crippen molar-refractivity contribution in [1.82, 2.24) is 0 Å². The lowest BCUT2D eigenvalue weighted by Gasteiger charge is -2.41. The molecule has 0 N–H and O–H groups in total. The van der Waals surface area contributed by atoms with Crippen LogP contribution in [0.25, 0.3) is 0 Å². The molecule has 2 saturated carbocycles. The van der Waals surface area contributed by atoms with Gasteiger partial charge in [-0.1, -0.05) is 67.8 Å². The molecule has 0 aromatic heterocycles. The summed E-state index contributed by atoms with van der Waals surface area (Å²) in [7, 11) is 0. The maximum absolute atomic E-state index is 2.78. The second-order valence-electron chi connectivity index (χ2n) is 7.52. The molecule has 3 rings (SSSR count). The van der Waals surface area contributed by atoms with Crippen LogP contribution in [0.15, 0.2) is 12.1 Å². The highest BCUT2D eigenvalue weighted by Gasteiger charge is 2.36. The van der Waals surface area contributed by atoms with Crippen molar-refractivity contribution in [3.63, 3.8) is 0 Å². The molecule has 140 valence electrons. The van der Waals surface area contributed by atoms with E-state index in [2.05, 4.69) is 148 Å². The van der Waals surface area contributed by atoms with Crippen LogP contribution in [0, 0.1) is 28.5 Å². The minimum Gasteiger partial charge on any atom is -0.0823 e. The molecule has 6 heteroatoms. The van der Waals surface area contributed by atoms with Crippen molar-refractivity contribution in [3.05, 3.63) is 28.4 Å². The second-order valence-corrected chi connectivity index (χ2v) is 15.8. The first-order valence-electron chi connectivity index (χ1n) is 8.90. The minimum absolute atomic E-state index is 0.856. The average molecular weight is 1010 g/mol. The molecule has 0 bridgehead atoms. The van der Waals surface area contributed by atoms with E-state index in [0.29, 0.717) is 0 Å². The quantitative estimate of drug-likeness (QED) is 0.162. The van der Waals surface area contributed by atoms with Gasteiger partial charge in [-0.05, 0) is 148 Å². The van der Waals surface area contributed by atoms with Crippen LogP contribution in [-0.2, 0) is 6.42 Å². The number of hydrogen-bond acceptors (Lipinski definition) is 0. The summed E-state index contributed by atoms with van der Waals surface area (Å²) in [6.45, 7) is 0. The standard InChI is InChI=1S/C19H22I6/c20-14-4-3-11(7-17(14)23)10-1-2-12(15(21)6-10)5-13-8-18(24)19(25)9-16(13)22/h8-12,14-15,17H,1-7H2/t10?,11?,12-,14?,15?,17?/m1/s1. The summed E-state index contributed by atoms with van der Waals surface area (Å²) < 4.78 is 6.93. The number of benzene rings is 1. The monoisotopic (exact) mass is 1010 g/mol. The Balaban J connectivity index is 1.60. The van der Waals surface area contributed by atoms with Crippen molar-refractivity contribution >= 4 is 136 Å². The van der Waals surface area contributed by atoms with Crippen LogP contribution in [0.2, 0.25) is 0 Å². The lowest BCUT2D eigenvalue weighted by Crippen LogP contribution is -2.35. The minimum atomic E-state index is 0.856. The lowest BCUT2D eigenvalue weighted by atomic mass is 9.70. The van der Waals surface area contributed by atoms with Crippen LogP contribution < -0.4 is 0 Å². The van der Waals surface area contributed by atoms with Gasteiger partial charge in [-0.3, -0.25) is 0 Å². The van der Waals surface area contributed by atoms with Gasteiger partial charge in [0.2, 0.25) is 0 Å². The Kier molecular flexibility index (Phi) is 10.0. The third-order valence-electron chi connectivity index (χ3n) is 5.92. The molecule has 1 aromatic rings. The van der Waals surface area contributed by atoms with Gasteiger partial charge in [-0.2, -0.15) is 0 Å². The molecule has 6 atom stereocenters. The van der Waals surface area contributed by atoms with Crippen molar-refractivity contribution in [3.8, 4) is 0 Å². The fraction of sp³-hybridized carbons (Fsp3) is 0.684. The molecule has 0 aliphatic heterocycles. The Morgan fingerprint density at radius 2 is 1.28 bits per heavy atom. The van der Waals surface area contributed by atoms with Gasteiger partial charge in [-0.15, -0.1) is 0 Å². The highest BCUT2D eigenvalue weighted by molar-refractivity contribution is 14.1. The molecule has 0 nitrogen and oxygen atoms in total. The van der Waals surface area contributed by atoms with E-state index in [1.54, 1.807) is 5.56 Å². The zero-order valence-electron chi connectivity index (χ0n) is 13.8. The molecule has 25 heavy (non-hydrogen) atoms. The molecule has 2 aliphatic carbocycles. The van der Waals surface area contributed by atoms with Gasteiger partial charge in [0, 0.05) is 22.5 Å². The SMILES string of the molecule is Ic1cc(I)c(C[C@H]2CCC(C3CCC(I)C(I)C3)CC2I)cc1I. The van der Waals surface area contributed by atoms with Crippen molar-refractivity contribution < 1.29 is 0 Å². The summed E-state index contributed by atoms with van der Waals surface area (Å²) >= 11 is 15.7. The van der Waals surface area contributed by atoms with E-state index in [9.17, 15) is 0 Å². The molecule has 5 unspecified atom stereocenters. The molecule has 0 spiro atoms. The fourth-order valence-electron chi connectivity index (χ4n) is 4.41. The van der Waals surface area contributed by atoms with Gasteiger partial charge >= 0.3 is 0 Å². The Morgan fingerprint density at radius 1 is 0.680 bits per heavy atom. The Hall–Kier alpha value is 3.60. The maximum Gasteiger partial charge on any atom is 0.0274 e. The molecule has 1 aromatic carbocycles. The zero-order chi connectivity index (χ0) is 18.1. The van der Waals surface area contributed by atoms with E-state index in [-0.39, 0.29) is 0 Å². The topological polar surface area (TPSA) is 0 Å². The third-order valence-corrected chi connectivity index (χ3v) is 15.5. The molecule has 0 heterocycles. The number of alkyl halides is 3. The van der Waals surface area contributed by atoms with Crippen LogP contribution >= 0.6 is 136 Å². The van der Waals surface area contributed by atoms with E-state index in [1.165, 1.54) is 55.7 Å². The van der Waals surface area contributed by atoms with Crippen molar-refractivity contribution in [2.75, 3.05) is 0 Å². The van der Waals surface area contributed by atoms with Crippen molar-refractivity contribution in [1.29, 1.82) is 0 Å². The van der Waals surface area contributed by atoms with Crippen LogP contribution in [0.5, 0.6) is 0 Å². The van der Waals surface area contributed by atoms with Crippen LogP contribution in [0.4, 0.5) is 0 Å². The Bertz CT molecular complexity index is 604. The average Bonchev–Trinajstić information content (AvgIpc) is 2.57. The van der Waals surface area contributed by atoms with Gasteiger partial charge in [0.15, 0.2) is 0 Å². The van der Waals surface area contributed by atoms with Crippen molar-refractivity contribution in [2.24, 2.45) is 17.8 Å². The number of rotatable bonds is 3. The highest BCUT2D eigenvalue weighted by atomic mass is 127. The normalized spacial score (nSPS) is 36.4. The van der Waals surface area contributed by atoms with Crippen LogP contribution in [0.1, 0.15) is 44.1 Å². The van der Waals surface area contributed by atoms with Crippen LogP contribution in [0.3, 0.4) is 0 Å². The zero-order valence-corrected chi connectivity index (χ0v) is 26.8. The molecular formula is C19H22I6. The Morgan fingerprint density at radius 3 is 1.92 bits per heavy atom. The van der Waals surface area contributed by atoms with E-state index in [4.69, 9.17) is 0 Å². The van der Waals surface area contributed by atoms with Crippen molar-refractivity contribution in [2.45, 2.75) is 56.7 Å². The first kappa shape index (κ1) is 23.3. The third kappa shape index (κ3) is 6.30. The molecule has 2 aliphatic rings. The predicted molar refractivity (Wildman–Crippen MR) is 160 cm³/mol. The van der Waals surface area contributed by atoms with Gasteiger partial charge in [0.05, 0.1) is 0 Å².